The standard InChI is InChI=1S/C19H35N5OS/c1-5-20-19(21-8-6-7-18-23-16(4)14-26-18)22-11-17-13-24(9-10-25-17)12-15(2)3/h14-15,17H,5-13H2,1-4H3,(H2,20,21,22). The van der Waals surface area contributed by atoms with Gasteiger partial charge in [0, 0.05) is 50.2 Å². The van der Waals surface area contributed by atoms with Gasteiger partial charge in [-0.1, -0.05) is 13.8 Å². The number of ether oxygens (including phenoxy) is 1. The van der Waals surface area contributed by atoms with Crippen LogP contribution in [0.1, 0.15) is 37.9 Å². The van der Waals surface area contributed by atoms with Gasteiger partial charge in [0.05, 0.1) is 24.3 Å². The molecule has 1 aliphatic rings. The van der Waals surface area contributed by atoms with Crippen molar-refractivity contribution < 1.29 is 4.74 Å². The molecule has 0 saturated carbocycles. The Morgan fingerprint density at radius 1 is 1.46 bits per heavy atom. The Labute approximate surface area is 162 Å². The van der Waals surface area contributed by atoms with Gasteiger partial charge >= 0.3 is 0 Å². The van der Waals surface area contributed by atoms with Crippen molar-refractivity contribution in [1.82, 2.24) is 20.5 Å². The molecule has 148 valence electrons. The van der Waals surface area contributed by atoms with E-state index in [1.165, 1.54) is 5.01 Å². The molecule has 2 rings (SSSR count). The molecule has 0 spiro atoms. The monoisotopic (exact) mass is 381 g/mol. The lowest BCUT2D eigenvalue weighted by Gasteiger charge is -2.33. The summed E-state index contributed by atoms with van der Waals surface area (Å²) < 4.78 is 5.89. The molecular formula is C19H35N5OS. The SMILES string of the molecule is CCNC(=NCC1CN(CC(C)C)CCO1)NCCCc1nc(C)cs1. The van der Waals surface area contributed by atoms with Gasteiger partial charge < -0.3 is 15.4 Å². The van der Waals surface area contributed by atoms with Crippen LogP contribution in [0.2, 0.25) is 0 Å². The van der Waals surface area contributed by atoms with E-state index in [1.807, 2.05) is 6.92 Å². The zero-order chi connectivity index (χ0) is 18.8. The first-order chi connectivity index (χ1) is 12.6. The second kappa shape index (κ2) is 11.5. The van der Waals surface area contributed by atoms with E-state index in [0.717, 1.165) is 63.8 Å². The molecule has 1 unspecified atom stereocenters. The zero-order valence-corrected chi connectivity index (χ0v) is 17.6. The van der Waals surface area contributed by atoms with Gasteiger partial charge in [-0.3, -0.25) is 9.89 Å². The van der Waals surface area contributed by atoms with Crippen molar-refractivity contribution in [2.75, 3.05) is 45.9 Å². The maximum absolute atomic E-state index is 5.89. The van der Waals surface area contributed by atoms with E-state index in [1.54, 1.807) is 11.3 Å². The molecule has 6 nitrogen and oxygen atoms in total. The van der Waals surface area contributed by atoms with Crippen molar-refractivity contribution in [3.05, 3.63) is 16.1 Å². The van der Waals surface area contributed by atoms with Crippen molar-refractivity contribution in [2.24, 2.45) is 10.9 Å². The Kier molecular flexibility index (Phi) is 9.36. The second-order valence-electron chi connectivity index (χ2n) is 7.28. The third kappa shape index (κ3) is 8.01. The second-order valence-corrected chi connectivity index (χ2v) is 8.22. The third-order valence-electron chi connectivity index (χ3n) is 4.17. The fourth-order valence-electron chi connectivity index (χ4n) is 3.07. The third-order valence-corrected chi connectivity index (χ3v) is 5.20. The normalized spacial score (nSPS) is 19.1. The van der Waals surface area contributed by atoms with Gasteiger partial charge in [-0.25, -0.2) is 4.98 Å². The van der Waals surface area contributed by atoms with E-state index in [2.05, 4.69) is 46.7 Å². The van der Waals surface area contributed by atoms with Crippen molar-refractivity contribution in [3.63, 3.8) is 0 Å². The van der Waals surface area contributed by atoms with Crippen LogP contribution in [0.4, 0.5) is 0 Å². The van der Waals surface area contributed by atoms with E-state index in [4.69, 9.17) is 9.73 Å². The van der Waals surface area contributed by atoms with E-state index >= 15 is 0 Å². The number of hydrogen-bond donors (Lipinski definition) is 2. The molecule has 0 aromatic carbocycles. The zero-order valence-electron chi connectivity index (χ0n) is 16.8. The van der Waals surface area contributed by atoms with Gasteiger partial charge in [0.1, 0.15) is 0 Å². The molecule has 2 N–H and O–H groups in total. The van der Waals surface area contributed by atoms with Gasteiger partial charge in [-0.2, -0.15) is 0 Å². The summed E-state index contributed by atoms with van der Waals surface area (Å²) in [5, 5.41) is 10.1. The van der Waals surface area contributed by atoms with E-state index in [0.29, 0.717) is 12.5 Å². The molecule has 1 aliphatic heterocycles. The molecule has 1 aromatic rings. The molecule has 2 heterocycles. The molecule has 7 heteroatoms. The molecule has 0 amide bonds. The highest BCUT2D eigenvalue weighted by Gasteiger charge is 2.20. The summed E-state index contributed by atoms with van der Waals surface area (Å²) in [7, 11) is 0. The first kappa shape index (κ1) is 21.1. The lowest BCUT2D eigenvalue weighted by Crippen LogP contribution is -2.46. The number of nitrogens with zero attached hydrogens (tertiary/aromatic N) is 3. The molecule has 1 aromatic heterocycles. The number of hydrogen-bond acceptors (Lipinski definition) is 5. The van der Waals surface area contributed by atoms with Crippen LogP contribution in [-0.2, 0) is 11.2 Å². The predicted molar refractivity (Wildman–Crippen MR) is 110 cm³/mol. The highest BCUT2D eigenvalue weighted by atomic mass is 32.1. The fraction of sp³-hybridized carbons (Fsp3) is 0.789. The number of nitrogens with one attached hydrogen (secondary N) is 2. The molecule has 1 fully saturated rings. The van der Waals surface area contributed by atoms with Crippen LogP contribution in [-0.4, -0.2) is 67.8 Å². The number of aliphatic imine (C=N–C) groups is 1. The highest BCUT2D eigenvalue weighted by molar-refractivity contribution is 7.09. The van der Waals surface area contributed by atoms with Crippen molar-refractivity contribution >= 4 is 17.3 Å². The number of guanidine groups is 1. The summed E-state index contributed by atoms with van der Waals surface area (Å²) in [6, 6.07) is 0. The van der Waals surface area contributed by atoms with Crippen LogP contribution >= 0.6 is 11.3 Å². The van der Waals surface area contributed by atoms with Crippen LogP contribution in [0.3, 0.4) is 0 Å². The topological polar surface area (TPSA) is 61.8 Å². The summed E-state index contributed by atoms with van der Waals surface area (Å²) in [5.41, 5.74) is 1.12. The number of thiazole rings is 1. The van der Waals surface area contributed by atoms with Gasteiger partial charge in [0.25, 0.3) is 0 Å². The number of aromatic nitrogens is 1. The van der Waals surface area contributed by atoms with Crippen LogP contribution in [0.15, 0.2) is 10.4 Å². The Morgan fingerprint density at radius 3 is 3.00 bits per heavy atom. The molecule has 0 bridgehead atoms. The molecular weight excluding hydrogens is 346 g/mol. The van der Waals surface area contributed by atoms with E-state index in [9.17, 15) is 0 Å². The largest absolute Gasteiger partial charge is 0.374 e. The van der Waals surface area contributed by atoms with Crippen molar-refractivity contribution in [2.45, 2.75) is 46.6 Å². The van der Waals surface area contributed by atoms with Crippen LogP contribution in [0, 0.1) is 12.8 Å². The number of aryl methyl sites for hydroxylation is 2. The molecule has 26 heavy (non-hydrogen) atoms. The van der Waals surface area contributed by atoms with Crippen LogP contribution in [0.25, 0.3) is 0 Å². The van der Waals surface area contributed by atoms with Crippen LogP contribution < -0.4 is 10.6 Å². The molecule has 1 saturated heterocycles. The first-order valence-electron chi connectivity index (χ1n) is 9.84. The van der Waals surface area contributed by atoms with Gasteiger partial charge in [0.2, 0.25) is 0 Å². The Balaban J connectivity index is 1.72. The Hall–Kier alpha value is -1.18. The minimum absolute atomic E-state index is 0.191. The summed E-state index contributed by atoms with van der Waals surface area (Å²) in [6.07, 6.45) is 2.26. The van der Waals surface area contributed by atoms with Crippen molar-refractivity contribution in [3.8, 4) is 0 Å². The lowest BCUT2D eigenvalue weighted by atomic mass is 10.2. The average Bonchev–Trinajstić information content (AvgIpc) is 3.01. The lowest BCUT2D eigenvalue weighted by molar-refractivity contribution is -0.0261. The summed E-state index contributed by atoms with van der Waals surface area (Å²) in [4.78, 5) is 11.7. The smallest absolute Gasteiger partial charge is 0.191 e. The van der Waals surface area contributed by atoms with Crippen LogP contribution in [0.5, 0.6) is 0 Å². The van der Waals surface area contributed by atoms with E-state index < -0.39 is 0 Å². The average molecular weight is 382 g/mol. The summed E-state index contributed by atoms with van der Waals surface area (Å²) in [5.74, 6) is 1.57. The van der Waals surface area contributed by atoms with Crippen molar-refractivity contribution in [1.29, 1.82) is 0 Å². The quantitative estimate of drug-likeness (QED) is 0.390. The Bertz CT molecular complexity index is 546. The molecule has 1 atom stereocenters. The van der Waals surface area contributed by atoms with E-state index in [-0.39, 0.29) is 6.10 Å². The predicted octanol–water partition coefficient (Wildman–Crippen LogP) is 2.30. The summed E-state index contributed by atoms with van der Waals surface area (Å²) >= 11 is 1.75. The fourth-order valence-corrected chi connectivity index (χ4v) is 3.89. The molecule has 0 aliphatic carbocycles. The maximum Gasteiger partial charge on any atom is 0.191 e. The summed E-state index contributed by atoms with van der Waals surface area (Å²) in [6.45, 7) is 15.1. The number of rotatable bonds is 9. The maximum atomic E-state index is 5.89. The Morgan fingerprint density at radius 2 is 2.31 bits per heavy atom. The van der Waals surface area contributed by atoms with Gasteiger partial charge in [-0.15, -0.1) is 11.3 Å². The first-order valence-corrected chi connectivity index (χ1v) is 10.7. The number of morpholine rings is 1. The molecule has 0 radical (unpaired) electrons. The van der Waals surface area contributed by atoms with Gasteiger partial charge in [0.15, 0.2) is 5.96 Å². The van der Waals surface area contributed by atoms with Gasteiger partial charge in [-0.05, 0) is 26.2 Å². The highest BCUT2D eigenvalue weighted by Crippen LogP contribution is 2.10. The minimum Gasteiger partial charge on any atom is -0.374 e. The minimum atomic E-state index is 0.191.